The van der Waals surface area contributed by atoms with Crippen molar-refractivity contribution in [3.05, 3.63) is 35.9 Å². The van der Waals surface area contributed by atoms with Crippen molar-refractivity contribution in [2.75, 3.05) is 5.75 Å². The van der Waals surface area contributed by atoms with Gasteiger partial charge in [0.2, 0.25) is 0 Å². The first-order valence-corrected chi connectivity index (χ1v) is 6.95. The van der Waals surface area contributed by atoms with E-state index in [2.05, 4.69) is 0 Å². The molecule has 0 saturated heterocycles. The fourth-order valence-electron chi connectivity index (χ4n) is 1.24. The molecular formula is C12H16O3S. The molecule has 88 valence electrons. The minimum absolute atomic E-state index is 0.0600. The number of hydrogen-bond donors (Lipinski definition) is 0. The van der Waals surface area contributed by atoms with Crippen molar-refractivity contribution >= 4 is 15.6 Å². The standard InChI is InChI=1S/C12H16O3S/c1-10(2)16(14,15)9-8-12(13)11-6-4-3-5-7-11/h3-7,10H,8-9H2,1-2H3. The Kier molecular flexibility index (Phi) is 4.24. The third kappa shape index (κ3) is 3.45. The van der Waals surface area contributed by atoms with Gasteiger partial charge in [0.1, 0.15) is 0 Å². The van der Waals surface area contributed by atoms with E-state index >= 15 is 0 Å². The van der Waals surface area contributed by atoms with Crippen LogP contribution in [0.3, 0.4) is 0 Å². The molecule has 3 nitrogen and oxygen atoms in total. The van der Waals surface area contributed by atoms with Crippen molar-refractivity contribution in [3.8, 4) is 0 Å². The van der Waals surface area contributed by atoms with Crippen molar-refractivity contribution in [2.45, 2.75) is 25.5 Å². The van der Waals surface area contributed by atoms with Crippen LogP contribution >= 0.6 is 0 Å². The normalized spacial score (nSPS) is 11.7. The molecule has 16 heavy (non-hydrogen) atoms. The first-order valence-electron chi connectivity index (χ1n) is 5.23. The van der Waals surface area contributed by atoms with Crippen molar-refractivity contribution in [1.82, 2.24) is 0 Å². The molecule has 4 heteroatoms. The van der Waals surface area contributed by atoms with E-state index in [4.69, 9.17) is 0 Å². The lowest BCUT2D eigenvalue weighted by Gasteiger charge is -2.06. The summed E-state index contributed by atoms with van der Waals surface area (Å²) in [5.41, 5.74) is 0.571. The predicted octanol–water partition coefficient (Wildman–Crippen LogP) is 2.08. The maximum Gasteiger partial charge on any atom is 0.163 e. The maximum absolute atomic E-state index is 11.6. The molecule has 0 atom stereocenters. The number of carbonyl (C=O) groups excluding carboxylic acids is 1. The topological polar surface area (TPSA) is 51.2 Å². The van der Waals surface area contributed by atoms with Gasteiger partial charge in [-0.1, -0.05) is 30.3 Å². The Morgan fingerprint density at radius 3 is 2.25 bits per heavy atom. The van der Waals surface area contributed by atoms with E-state index in [9.17, 15) is 13.2 Å². The fraction of sp³-hybridized carbons (Fsp3) is 0.417. The van der Waals surface area contributed by atoms with Gasteiger partial charge in [0, 0.05) is 12.0 Å². The molecule has 0 aliphatic heterocycles. The molecule has 0 spiro atoms. The Morgan fingerprint density at radius 2 is 1.75 bits per heavy atom. The van der Waals surface area contributed by atoms with Crippen LogP contribution in [0.4, 0.5) is 0 Å². The number of benzene rings is 1. The second-order valence-electron chi connectivity index (χ2n) is 3.95. The van der Waals surface area contributed by atoms with Crippen LogP contribution in [0.1, 0.15) is 30.6 Å². The third-order valence-corrected chi connectivity index (χ3v) is 4.64. The Bertz CT molecular complexity index is 446. The van der Waals surface area contributed by atoms with E-state index in [1.54, 1.807) is 38.1 Å². The van der Waals surface area contributed by atoms with Gasteiger partial charge in [0.05, 0.1) is 11.0 Å². The zero-order valence-corrected chi connectivity index (χ0v) is 10.3. The minimum Gasteiger partial charge on any atom is -0.294 e. The summed E-state index contributed by atoms with van der Waals surface area (Å²) < 4.78 is 23.0. The molecule has 0 aliphatic rings. The van der Waals surface area contributed by atoms with Crippen LogP contribution < -0.4 is 0 Å². The van der Waals surface area contributed by atoms with Crippen molar-refractivity contribution in [3.63, 3.8) is 0 Å². The largest absolute Gasteiger partial charge is 0.294 e. The molecule has 0 unspecified atom stereocenters. The molecule has 0 aromatic heterocycles. The van der Waals surface area contributed by atoms with E-state index < -0.39 is 15.1 Å². The van der Waals surface area contributed by atoms with Gasteiger partial charge in [-0.2, -0.15) is 0 Å². The second kappa shape index (κ2) is 5.25. The fourth-order valence-corrected chi connectivity index (χ4v) is 2.18. The molecule has 1 aromatic rings. The Hall–Kier alpha value is -1.16. The van der Waals surface area contributed by atoms with Gasteiger partial charge >= 0.3 is 0 Å². The maximum atomic E-state index is 11.6. The summed E-state index contributed by atoms with van der Waals surface area (Å²) in [5, 5.41) is -0.420. The second-order valence-corrected chi connectivity index (χ2v) is 6.63. The first-order chi connectivity index (χ1) is 7.43. The summed E-state index contributed by atoms with van der Waals surface area (Å²) in [6, 6.07) is 8.75. The van der Waals surface area contributed by atoms with Crippen LogP contribution in [0.5, 0.6) is 0 Å². The zero-order valence-electron chi connectivity index (χ0n) is 9.51. The molecule has 0 N–H and O–H groups in total. The monoisotopic (exact) mass is 240 g/mol. The summed E-state index contributed by atoms with van der Waals surface area (Å²) in [6.45, 7) is 3.25. The number of ketones is 1. The average molecular weight is 240 g/mol. The van der Waals surface area contributed by atoms with E-state index in [1.807, 2.05) is 6.07 Å². The quantitative estimate of drug-likeness (QED) is 0.740. The number of Topliss-reactive ketones (excluding diaryl/α,β-unsaturated/α-hetero) is 1. The van der Waals surface area contributed by atoms with Gasteiger partial charge in [-0.15, -0.1) is 0 Å². The van der Waals surface area contributed by atoms with Gasteiger partial charge in [-0.25, -0.2) is 8.42 Å². The minimum atomic E-state index is -3.12. The van der Waals surface area contributed by atoms with Crippen LogP contribution in [-0.2, 0) is 9.84 Å². The molecule has 0 bridgehead atoms. The number of rotatable bonds is 5. The van der Waals surface area contributed by atoms with Crippen LogP contribution in [-0.4, -0.2) is 25.2 Å². The number of hydrogen-bond acceptors (Lipinski definition) is 3. The Balaban J connectivity index is 2.62. The van der Waals surface area contributed by atoms with E-state index in [0.29, 0.717) is 5.56 Å². The van der Waals surface area contributed by atoms with Crippen molar-refractivity contribution in [1.29, 1.82) is 0 Å². The summed E-state index contributed by atoms with van der Waals surface area (Å²) in [4.78, 5) is 11.6. The zero-order chi connectivity index (χ0) is 12.2. The molecule has 1 rings (SSSR count). The van der Waals surface area contributed by atoms with Crippen molar-refractivity contribution in [2.24, 2.45) is 0 Å². The van der Waals surface area contributed by atoms with E-state index in [-0.39, 0.29) is 18.0 Å². The highest BCUT2D eigenvalue weighted by Gasteiger charge is 2.18. The molecule has 0 aliphatic carbocycles. The molecule has 0 radical (unpaired) electrons. The molecule has 0 fully saturated rings. The highest BCUT2D eigenvalue weighted by molar-refractivity contribution is 7.91. The van der Waals surface area contributed by atoms with Gasteiger partial charge < -0.3 is 0 Å². The highest BCUT2D eigenvalue weighted by atomic mass is 32.2. The molecular weight excluding hydrogens is 224 g/mol. The van der Waals surface area contributed by atoms with E-state index in [1.165, 1.54) is 0 Å². The molecule has 0 amide bonds. The highest BCUT2D eigenvalue weighted by Crippen LogP contribution is 2.07. The summed E-state index contributed by atoms with van der Waals surface area (Å²) >= 11 is 0. The smallest absolute Gasteiger partial charge is 0.163 e. The van der Waals surface area contributed by atoms with Crippen LogP contribution in [0.25, 0.3) is 0 Å². The predicted molar refractivity (Wildman–Crippen MR) is 64.3 cm³/mol. The first kappa shape index (κ1) is 12.9. The van der Waals surface area contributed by atoms with Crippen LogP contribution in [0.2, 0.25) is 0 Å². The SMILES string of the molecule is CC(C)S(=O)(=O)CCC(=O)c1ccccc1. The van der Waals surface area contributed by atoms with Gasteiger partial charge in [-0.3, -0.25) is 4.79 Å². The third-order valence-electron chi connectivity index (χ3n) is 2.43. The van der Waals surface area contributed by atoms with Crippen LogP contribution in [0, 0.1) is 0 Å². The van der Waals surface area contributed by atoms with Crippen molar-refractivity contribution < 1.29 is 13.2 Å². The lowest BCUT2D eigenvalue weighted by molar-refractivity contribution is 0.0989. The van der Waals surface area contributed by atoms with Gasteiger partial charge in [-0.05, 0) is 13.8 Å². The van der Waals surface area contributed by atoms with E-state index in [0.717, 1.165) is 0 Å². The lowest BCUT2D eigenvalue weighted by atomic mass is 10.1. The molecule has 0 saturated carbocycles. The number of carbonyl (C=O) groups is 1. The van der Waals surface area contributed by atoms with Gasteiger partial charge in [0.25, 0.3) is 0 Å². The molecule has 0 heterocycles. The Morgan fingerprint density at radius 1 is 1.19 bits per heavy atom. The van der Waals surface area contributed by atoms with Gasteiger partial charge in [0.15, 0.2) is 15.6 Å². The average Bonchev–Trinajstić information content (AvgIpc) is 2.27. The van der Waals surface area contributed by atoms with Crippen LogP contribution in [0.15, 0.2) is 30.3 Å². The Labute approximate surface area is 96.4 Å². The summed E-state index contributed by atoms with van der Waals surface area (Å²) in [5.74, 6) is -0.192. The summed E-state index contributed by atoms with van der Waals surface area (Å²) in [7, 11) is -3.12. The summed E-state index contributed by atoms with van der Waals surface area (Å²) in [6.07, 6.45) is 0.0600. The lowest BCUT2D eigenvalue weighted by Crippen LogP contribution is -2.19. The number of sulfone groups is 1. The molecule has 1 aromatic carbocycles.